The highest BCUT2D eigenvalue weighted by atomic mass is 32.2. The quantitative estimate of drug-likeness (QED) is 0.555. The molecule has 0 aliphatic heterocycles. The summed E-state index contributed by atoms with van der Waals surface area (Å²) in [6, 6.07) is -0.262. The zero-order valence-corrected chi connectivity index (χ0v) is 11.1. The maximum Gasteiger partial charge on any atom is 0.323 e. The van der Waals surface area contributed by atoms with Crippen LogP contribution < -0.4 is 5.32 Å². The van der Waals surface area contributed by atoms with Gasteiger partial charge in [0.1, 0.15) is 11.9 Å². The van der Waals surface area contributed by atoms with Crippen LogP contribution >= 0.6 is 11.8 Å². The Morgan fingerprint density at radius 1 is 1.65 bits per heavy atom. The number of carbonyl (C=O) groups is 1. The number of aromatic nitrogens is 3. The van der Waals surface area contributed by atoms with Crippen LogP contribution in [0.15, 0.2) is 5.16 Å². The van der Waals surface area contributed by atoms with Gasteiger partial charge in [-0.1, -0.05) is 11.8 Å². The number of ether oxygens (including phenoxy) is 1. The number of rotatable bonds is 7. The van der Waals surface area contributed by atoms with Crippen molar-refractivity contribution in [1.82, 2.24) is 20.5 Å². The molecule has 0 saturated heterocycles. The van der Waals surface area contributed by atoms with Crippen molar-refractivity contribution in [2.45, 2.75) is 31.5 Å². The van der Waals surface area contributed by atoms with Gasteiger partial charge < -0.3 is 10.1 Å². The standard InChI is InChI=1S/C10H18N4O2S/c1-4-16-9(15)8(11-3)5-6-17-10-12-7(2)13-14-10/h8,11H,4-6H2,1-3H3,(H,12,13,14). The Morgan fingerprint density at radius 3 is 2.94 bits per heavy atom. The predicted octanol–water partition coefficient (Wildman–Crippen LogP) is 0.746. The smallest absolute Gasteiger partial charge is 0.323 e. The van der Waals surface area contributed by atoms with Gasteiger partial charge in [-0.25, -0.2) is 4.98 Å². The number of nitrogens with zero attached hydrogens (tertiary/aromatic N) is 2. The molecule has 0 amide bonds. The van der Waals surface area contributed by atoms with E-state index >= 15 is 0 Å². The van der Waals surface area contributed by atoms with Crippen molar-refractivity contribution in [2.24, 2.45) is 0 Å². The van der Waals surface area contributed by atoms with Crippen molar-refractivity contribution in [3.63, 3.8) is 0 Å². The molecule has 2 N–H and O–H groups in total. The Morgan fingerprint density at radius 2 is 2.41 bits per heavy atom. The van der Waals surface area contributed by atoms with E-state index in [-0.39, 0.29) is 12.0 Å². The number of likely N-dealkylation sites (N-methyl/N-ethyl adjacent to an activating group) is 1. The van der Waals surface area contributed by atoms with Gasteiger partial charge >= 0.3 is 5.97 Å². The van der Waals surface area contributed by atoms with Crippen LogP contribution in [0.3, 0.4) is 0 Å². The number of hydrogen-bond acceptors (Lipinski definition) is 6. The second kappa shape index (κ2) is 7.29. The topological polar surface area (TPSA) is 79.9 Å². The van der Waals surface area contributed by atoms with E-state index in [2.05, 4.69) is 20.5 Å². The average molecular weight is 258 g/mol. The van der Waals surface area contributed by atoms with Gasteiger partial charge in [-0.3, -0.25) is 9.89 Å². The summed E-state index contributed by atoms with van der Waals surface area (Å²) in [6.07, 6.45) is 0.688. The van der Waals surface area contributed by atoms with Gasteiger partial charge in [0.25, 0.3) is 0 Å². The lowest BCUT2D eigenvalue weighted by Gasteiger charge is -2.13. The number of thioether (sulfide) groups is 1. The molecule has 0 saturated carbocycles. The molecule has 6 nitrogen and oxygen atoms in total. The Hall–Kier alpha value is -1.08. The molecule has 1 atom stereocenters. The fourth-order valence-electron chi connectivity index (χ4n) is 1.28. The van der Waals surface area contributed by atoms with Gasteiger partial charge in [-0.05, 0) is 27.3 Å². The SMILES string of the molecule is CCOC(=O)C(CCSc1n[nH]c(C)n1)NC. The first-order chi connectivity index (χ1) is 8.17. The van der Waals surface area contributed by atoms with E-state index < -0.39 is 0 Å². The van der Waals surface area contributed by atoms with Crippen LogP contribution in [0, 0.1) is 6.92 Å². The second-order valence-corrected chi connectivity index (χ2v) is 4.50. The molecule has 0 radical (unpaired) electrons. The fourth-order valence-corrected chi connectivity index (χ4v) is 2.13. The summed E-state index contributed by atoms with van der Waals surface area (Å²) < 4.78 is 4.95. The number of esters is 1. The molecule has 0 aromatic carbocycles. The van der Waals surface area contributed by atoms with Crippen molar-refractivity contribution in [2.75, 3.05) is 19.4 Å². The number of H-pyrrole nitrogens is 1. The normalized spacial score (nSPS) is 12.4. The maximum absolute atomic E-state index is 11.5. The lowest BCUT2D eigenvalue weighted by molar-refractivity contribution is -0.145. The third-order valence-corrected chi connectivity index (χ3v) is 3.01. The first kappa shape index (κ1) is 14.0. The van der Waals surface area contributed by atoms with Gasteiger partial charge in [0, 0.05) is 5.75 Å². The van der Waals surface area contributed by atoms with Gasteiger partial charge in [-0.2, -0.15) is 0 Å². The minimum Gasteiger partial charge on any atom is -0.465 e. The monoisotopic (exact) mass is 258 g/mol. The highest BCUT2D eigenvalue weighted by molar-refractivity contribution is 7.99. The molecule has 0 bridgehead atoms. The number of nitrogens with one attached hydrogen (secondary N) is 2. The van der Waals surface area contributed by atoms with Crippen molar-refractivity contribution < 1.29 is 9.53 Å². The zero-order valence-electron chi connectivity index (χ0n) is 10.3. The molecule has 1 heterocycles. The highest BCUT2D eigenvalue weighted by Crippen LogP contribution is 2.14. The zero-order chi connectivity index (χ0) is 12.7. The molecule has 0 spiro atoms. The van der Waals surface area contributed by atoms with Crippen molar-refractivity contribution in [3.05, 3.63) is 5.82 Å². The molecular formula is C10H18N4O2S. The predicted molar refractivity (Wildman–Crippen MR) is 65.9 cm³/mol. The van der Waals surface area contributed by atoms with Crippen LogP contribution in [0.1, 0.15) is 19.2 Å². The fraction of sp³-hybridized carbons (Fsp3) is 0.700. The molecule has 1 aromatic rings. The Balaban J connectivity index is 2.30. The number of hydrogen-bond donors (Lipinski definition) is 2. The molecule has 7 heteroatoms. The van der Waals surface area contributed by atoms with E-state index in [1.165, 1.54) is 11.8 Å². The largest absolute Gasteiger partial charge is 0.465 e. The van der Waals surface area contributed by atoms with Crippen molar-refractivity contribution in [1.29, 1.82) is 0 Å². The minimum atomic E-state index is -0.262. The van der Waals surface area contributed by atoms with Crippen molar-refractivity contribution >= 4 is 17.7 Å². The summed E-state index contributed by atoms with van der Waals surface area (Å²) in [7, 11) is 1.75. The average Bonchev–Trinajstić information content (AvgIpc) is 2.71. The van der Waals surface area contributed by atoms with E-state index in [0.29, 0.717) is 18.2 Å². The summed E-state index contributed by atoms with van der Waals surface area (Å²) >= 11 is 1.52. The second-order valence-electron chi connectivity index (χ2n) is 3.43. The van der Waals surface area contributed by atoms with Gasteiger partial charge in [0.05, 0.1) is 6.61 Å². The number of carbonyl (C=O) groups excluding carboxylic acids is 1. The Labute approximate surface area is 105 Å². The third kappa shape index (κ3) is 4.74. The maximum atomic E-state index is 11.5. The Kier molecular flexibility index (Phi) is 5.99. The summed E-state index contributed by atoms with van der Waals surface area (Å²) in [5, 5.41) is 10.4. The van der Waals surface area contributed by atoms with E-state index in [0.717, 1.165) is 11.6 Å². The first-order valence-corrected chi connectivity index (χ1v) is 6.51. The van der Waals surface area contributed by atoms with Gasteiger partial charge in [0.2, 0.25) is 5.16 Å². The van der Waals surface area contributed by atoms with Gasteiger partial charge in [-0.15, -0.1) is 5.10 Å². The van der Waals surface area contributed by atoms with Crippen LogP contribution in [0.2, 0.25) is 0 Å². The van der Waals surface area contributed by atoms with Crippen molar-refractivity contribution in [3.8, 4) is 0 Å². The molecule has 1 rings (SSSR count). The molecule has 0 aliphatic carbocycles. The molecule has 0 aliphatic rings. The summed E-state index contributed by atoms with van der Waals surface area (Å²) in [6.45, 7) is 4.06. The Bertz CT molecular complexity index is 356. The molecule has 1 aromatic heterocycles. The van der Waals surface area contributed by atoms with E-state index in [1.807, 2.05) is 6.92 Å². The summed E-state index contributed by atoms with van der Waals surface area (Å²) in [4.78, 5) is 15.7. The first-order valence-electron chi connectivity index (χ1n) is 5.53. The van der Waals surface area contributed by atoms with E-state index in [4.69, 9.17) is 4.74 Å². The van der Waals surface area contributed by atoms with E-state index in [9.17, 15) is 4.79 Å². The van der Waals surface area contributed by atoms with Crippen LogP contribution in [-0.4, -0.2) is 46.6 Å². The van der Waals surface area contributed by atoms with Crippen LogP contribution in [0.25, 0.3) is 0 Å². The number of aromatic amines is 1. The van der Waals surface area contributed by atoms with Gasteiger partial charge in [0.15, 0.2) is 0 Å². The minimum absolute atomic E-state index is 0.207. The van der Waals surface area contributed by atoms with Crippen LogP contribution in [0.5, 0.6) is 0 Å². The molecule has 96 valence electrons. The summed E-state index contributed by atoms with van der Waals surface area (Å²) in [5.74, 6) is 1.35. The van der Waals surface area contributed by atoms with Crippen LogP contribution in [-0.2, 0) is 9.53 Å². The lowest BCUT2D eigenvalue weighted by Crippen LogP contribution is -2.36. The van der Waals surface area contributed by atoms with E-state index in [1.54, 1.807) is 14.0 Å². The van der Waals surface area contributed by atoms with Crippen LogP contribution in [0.4, 0.5) is 0 Å². The lowest BCUT2D eigenvalue weighted by atomic mass is 10.2. The third-order valence-electron chi connectivity index (χ3n) is 2.13. The number of aryl methyl sites for hydroxylation is 1. The molecule has 17 heavy (non-hydrogen) atoms. The highest BCUT2D eigenvalue weighted by Gasteiger charge is 2.17. The molecular weight excluding hydrogens is 240 g/mol. The molecule has 0 fully saturated rings. The molecule has 1 unspecified atom stereocenters. The summed E-state index contributed by atoms with van der Waals surface area (Å²) in [5.41, 5.74) is 0.